The van der Waals surface area contributed by atoms with Crippen molar-refractivity contribution in [1.29, 1.82) is 0 Å². The first-order valence-electron chi connectivity index (χ1n) is 8.51. The van der Waals surface area contributed by atoms with E-state index in [9.17, 15) is 14.7 Å². The van der Waals surface area contributed by atoms with Gasteiger partial charge in [0.1, 0.15) is 5.75 Å². The molecule has 1 amide bonds. The first-order valence-corrected chi connectivity index (χ1v) is 8.51. The minimum absolute atomic E-state index is 0.0676. The van der Waals surface area contributed by atoms with Crippen molar-refractivity contribution in [2.75, 3.05) is 7.11 Å². The lowest BCUT2D eigenvalue weighted by Gasteiger charge is -2.32. The minimum atomic E-state index is -0.525. The maximum atomic E-state index is 12.7. The number of aliphatic hydroxyl groups excluding tert-OH is 1. The van der Waals surface area contributed by atoms with E-state index < -0.39 is 11.9 Å². The van der Waals surface area contributed by atoms with Crippen molar-refractivity contribution < 1.29 is 19.4 Å². The van der Waals surface area contributed by atoms with Crippen LogP contribution < -0.4 is 4.74 Å². The Morgan fingerprint density at radius 3 is 2.67 bits per heavy atom. The van der Waals surface area contributed by atoms with Crippen LogP contribution in [0.2, 0.25) is 0 Å². The molecule has 5 nitrogen and oxygen atoms in total. The van der Waals surface area contributed by atoms with E-state index in [1.165, 1.54) is 0 Å². The molecule has 1 aliphatic heterocycles. The molecule has 1 aromatic carbocycles. The van der Waals surface area contributed by atoms with E-state index in [1.54, 1.807) is 18.9 Å². The van der Waals surface area contributed by atoms with Crippen molar-refractivity contribution in [1.82, 2.24) is 4.90 Å². The summed E-state index contributed by atoms with van der Waals surface area (Å²) in [6.45, 7) is 1.74. The molecule has 128 valence electrons. The van der Waals surface area contributed by atoms with Gasteiger partial charge in [0.05, 0.1) is 18.7 Å². The van der Waals surface area contributed by atoms with Gasteiger partial charge in [0.15, 0.2) is 11.5 Å². The number of methoxy groups -OCH3 is 1. The highest BCUT2D eigenvalue weighted by Crippen LogP contribution is 2.43. The minimum Gasteiger partial charge on any atom is -0.503 e. The van der Waals surface area contributed by atoms with Crippen LogP contribution in [0, 0.1) is 0 Å². The first-order chi connectivity index (χ1) is 11.6. The maximum Gasteiger partial charge on any atom is 0.290 e. The Bertz CT molecular complexity index is 688. The lowest BCUT2D eigenvalue weighted by Crippen LogP contribution is -2.38. The summed E-state index contributed by atoms with van der Waals surface area (Å²) in [5, 5.41) is 10.4. The van der Waals surface area contributed by atoms with Crippen molar-refractivity contribution in [3.63, 3.8) is 0 Å². The summed E-state index contributed by atoms with van der Waals surface area (Å²) in [7, 11) is 1.58. The van der Waals surface area contributed by atoms with Gasteiger partial charge < -0.3 is 14.7 Å². The molecule has 24 heavy (non-hydrogen) atoms. The number of aliphatic hydroxyl groups is 1. The van der Waals surface area contributed by atoms with Gasteiger partial charge in [-0.1, -0.05) is 31.9 Å². The topological polar surface area (TPSA) is 66.8 Å². The fourth-order valence-electron chi connectivity index (χ4n) is 3.80. The monoisotopic (exact) mass is 329 g/mol. The number of Topliss-reactive ketones (excluding diaryl/α,β-unsaturated/α-hetero) is 1. The Kier molecular flexibility index (Phi) is 4.60. The Balaban J connectivity index is 2.09. The zero-order chi connectivity index (χ0) is 17.3. The number of amides is 1. The second-order valence-corrected chi connectivity index (χ2v) is 6.37. The molecule has 2 aliphatic rings. The molecule has 1 aromatic rings. The van der Waals surface area contributed by atoms with Gasteiger partial charge in [-0.05, 0) is 30.5 Å². The van der Waals surface area contributed by atoms with E-state index in [-0.39, 0.29) is 29.6 Å². The van der Waals surface area contributed by atoms with E-state index in [4.69, 9.17) is 4.74 Å². The molecular formula is C19H23NO4. The van der Waals surface area contributed by atoms with Crippen LogP contribution in [-0.4, -0.2) is 34.8 Å². The quantitative estimate of drug-likeness (QED) is 0.900. The number of ketones is 1. The zero-order valence-electron chi connectivity index (χ0n) is 14.1. The van der Waals surface area contributed by atoms with Gasteiger partial charge in [0, 0.05) is 12.5 Å². The fourth-order valence-corrected chi connectivity index (χ4v) is 3.80. The van der Waals surface area contributed by atoms with Gasteiger partial charge in [-0.3, -0.25) is 9.59 Å². The van der Waals surface area contributed by atoms with Gasteiger partial charge in [0.2, 0.25) is 0 Å². The predicted molar refractivity (Wildman–Crippen MR) is 89.8 cm³/mol. The molecule has 1 N–H and O–H groups in total. The Morgan fingerprint density at radius 2 is 2.04 bits per heavy atom. The highest BCUT2D eigenvalue weighted by molar-refractivity contribution is 6.09. The van der Waals surface area contributed by atoms with E-state index >= 15 is 0 Å². The average Bonchev–Trinajstić information content (AvgIpc) is 3.22. The molecule has 0 bridgehead atoms. The molecule has 1 aliphatic carbocycles. The molecule has 0 spiro atoms. The van der Waals surface area contributed by atoms with Crippen LogP contribution in [0.15, 0.2) is 35.6 Å². The van der Waals surface area contributed by atoms with Crippen LogP contribution in [0.3, 0.4) is 0 Å². The fraction of sp³-hybridized carbons (Fsp3) is 0.474. The number of ether oxygens (including phenoxy) is 1. The van der Waals surface area contributed by atoms with Gasteiger partial charge >= 0.3 is 0 Å². The number of hydrogen-bond donors (Lipinski definition) is 1. The Labute approximate surface area is 141 Å². The summed E-state index contributed by atoms with van der Waals surface area (Å²) < 4.78 is 5.28. The molecule has 5 heteroatoms. The van der Waals surface area contributed by atoms with Crippen LogP contribution in [0.1, 0.15) is 50.6 Å². The number of benzene rings is 1. The summed E-state index contributed by atoms with van der Waals surface area (Å²) in [6, 6.07) is 6.92. The van der Waals surface area contributed by atoms with Crippen LogP contribution in [-0.2, 0) is 9.59 Å². The molecule has 0 aromatic heterocycles. The SMILES string of the molecule is CCC(=O)C1=C(O)C(=O)N(C2CCCC2)C1c1cccc(OC)c1. The zero-order valence-corrected chi connectivity index (χ0v) is 14.1. The molecular weight excluding hydrogens is 306 g/mol. The molecule has 1 heterocycles. The lowest BCUT2D eigenvalue weighted by atomic mass is 9.94. The third-order valence-corrected chi connectivity index (χ3v) is 4.99. The van der Waals surface area contributed by atoms with Crippen molar-refractivity contribution >= 4 is 11.7 Å². The van der Waals surface area contributed by atoms with E-state index in [0.717, 1.165) is 31.2 Å². The smallest absolute Gasteiger partial charge is 0.290 e. The van der Waals surface area contributed by atoms with E-state index in [0.29, 0.717) is 5.75 Å². The van der Waals surface area contributed by atoms with Crippen LogP contribution >= 0.6 is 0 Å². The largest absolute Gasteiger partial charge is 0.503 e. The average molecular weight is 329 g/mol. The van der Waals surface area contributed by atoms with E-state index in [1.807, 2.05) is 24.3 Å². The maximum absolute atomic E-state index is 12.7. The van der Waals surface area contributed by atoms with Crippen molar-refractivity contribution in [2.24, 2.45) is 0 Å². The van der Waals surface area contributed by atoms with Gasteiger partial charge in [-0.25, -0.2) is 0 Å². The van der Waals surface area contributed by atoms with Crippen molar-refractivity contribution in [2.45, 2.75) is 51.1 Å². The standard InChI is InChI=1S/C19H23NO4/c1-3-15(21)16-17(12-7-6-10-14(11-12)24-2)20(19(23)18(16)22)13-8-4-5-9-13/h6-7,10-11,13,17,22H,3-5,8-9H2,1-2H3. The molecule has 3 rings (SSSR count). The summed E-state index contributed by atoms with van der Waals surface area (Å²) in [6.07, 6.45) is 4.21. The molecule has 1 fully saturated rings. The number of carbonyl (C=O) groups excluding carboxylic acids is 2. The number of nitrogens with zero attached hydrogens (tertiary/aromatic N) is 1. The molecule has 0 radical (unpaired) electrons. The van der Waals surface area contributed by atoms with E-state index in [2.05, 4.69) is 0 Å². The third kappa shape index (κ3) is 2.68. The van der Waals surface area contributed by atoms with Crippen LogP contribution in [0.5, 0.6) is 5.75 Å². The molecule has 0 saturated heterocycles. The lowest BCUT2D eigenvalue weighted by molar-refractivity contribution is -0.131. The first kappa shape index (κ1) is 16.6. The number of hydrogen-bond acceptors (Lipinski definition) is 4. The van der Waals surface area contributed by atoms with Crippen molar-refractivity contribution in [3.8, 4) is 5.75 Å². The van der Waals surface area contributed by atoms with Crippen LogP contribution in [0.25, 0.3) is 0 Å². The highest BCUT2D eigenvalue weighted by atomic mass is 16.5. The Morgan fingerprint density at radius 1 is 1.33 bits per heavy atom. The van der Waals surface area contributed by atoms with Gasteiger partial charge in [-0.2, -0.15) is 0 Å². The summed E-state index contributed by atoms with van der Waals surface area (Å²) in [4.78, 5) is 26.8. The molecule has 1 unspecified atom stereocenters. The van der Waals surface area contributed by atoms with Gasteiger partial charge in [0.25, 0.3) is 5.91 Å². The summed E-state index contributed by atoms with van der Waals surface area (Å²) >= 11 is 0. The van der Waals surface area contributed by atoms with Crippen LogP contribution in [0.4, 0.5) is 0 Å². The Hall–Kier alpha value is -2.30. The van der Waals surface area contributed by atoms with Gasteiger partial charge in [-0.15, -0.1) is 0 Å². The third-order valence-electron chi connectivity index (χ3n) is 4.99. The predicted octanol–water partition coefficient (Wildman–Crippen LogP) is 3.31. The number of rotatable bonds is 5. The molecule has 1 atom stereocenters. The summed E-state index contributed by atoms with van der Waals surface area (Å²) in [5.74, 6) is -0.330. The molecule has 1 saturated carbocycles. The normalized spacial score (nSPS) is 21.7. The number of carbonyl (C=O) groups is 2. The second-order valence-electron chi connectivity index (χ2n) is 6.37. The van der Waals surface area contributed by atoms with Crippen molar-refractivity contribution in [3.05, 3.63) is 41.2 Å². The summed E-state index contributed by atoms with van der Waals surface area (Å²) in [5.41, 5.74) is 1.03. The highest BCUT2D eigenvalue weighted by Gasteiger charge is 2.46. The second kappa shape index (κ2) is 6.67.